The molecule has 0 aliphatic carbocycles. The normalized spacial score (nSPS) is 23.9. The number of rotatable bonds is 4. The highest BCUT2D eigenvalue weighted by molar-refractivity contribution is 7.99. The summed E-state index contributed by atoms with van der Waals surface area (Å²) in [5.74, 6) is 2.39. The first-order valence-electron chi connectivity index (χ1n) is 6.34. The zero-order chi connectivity index (χ0) is 12.3. The second kappa shape index (κ2) is 5.32. The third-order valence-electron chi connectivity index (χ3n) is 3.66. The van der Waals surface area contributed by atoms with Crippen molar-refractivity contribution in [1.82, 2.24) is 0 Å². The molecule has 0 radical (unpaired) electrons. The fourth-order valence-electron chi connectivity index (χ4n) is 2.67. The van der Waals surface area contributed by atoms with Crippen LogP contribution in [-0.2, 0) is 0 Å². The van der Waals surface area contributed by atoms with Crippen molar-refractivity contribution in [2.24, 2.45) is 5.73 Å². The molecule has 1 fully saturated rings. The minimum absolute atomic E-state index is 0.174. The summed E-state index contributed by atoms with van der Waals surface area (Å²) in [6, 6.07) is 8.76. The Balaban J connectivity index is 2.32. The van der Waals surface area contributed by atoms with Gasteiger partial charge in [0.05, 0.1) is 5.54 Å². The van der Waals surface area contributed by atoms with Gasteiger partial charge in [0.1, 0.15) is 0 Å². The summed E-state index contributed by atoms with van der Waals surface area (Å²) in [5, 5.41) is 0. The number of anilines is 1. The minimum atomic E-state index is 0.174. The van der Waals surface area contributed by atoms with Gasteiger partial charge in [-0.15, -0.1) is 0 Å². The molecule has 0 saturated carbocycles. The molecule has 2 rings (SSSR count). The fourth-order valence-corrected chi connectivity index (χ4v) is 4.13. The number of hydrogen-bond acceptors (Lipinski definition) is 3. The molecular weight excluding hydrogens is 228 g/mol. The molecule has 1 atom stereocenters. The first-order chi connectivity index (χ1) is 8.22. The second-order valence-electron chi connectivity index (χ2n) is 4.81. The van der Waals surface area contributed by atoms with Gasteiger partial charge in [-0.25, -0.2) is 0 Å². The van der Waals surface area contributed by atoms with Gasteiger partial charge in [-0.1, -0.05) is 12.1 Å². The third kappa shape index (κ3) is 2.45. The van der Waals surface area contributed by atoms with Crippen LogP contribution < -0.4 is 10.6 Å². The van der Waals surface area contributed by atoms with E-state index < -0.39 is 0 Å². The van der Waals surface area contributed by atoms with Crippen LogP contribution in [0.4, 0.5) is 5.69 Å². The van der Waals surface area contributed by atoms with Crippen LogP contribution in [-0.4, -0.2) is 30.1 Å². The molecule has 1 saturated heterocycles. The Morgan fingerprint density at radius 1 is 1.47 bits per heavy atom. The zero-order valence-corrected chi connectivity index (χ0v) is 11.6. The van der Waals surface area contributed by atoms with Crippen molar-refractivity contribution >= 4 is 17.4 Å². The molecule has 0 amide bonds. The Bertz CT molecular complexity index is 372. The number of likely N-dealkylation sites (N-methyl/N-ethyl adjacent to an activating group) is 1. The maximum atomic E-state index is 6.07. The first kappa shape index (κ1) is 12.8. The topological polar surface area (TPSA) is 29.3 Å². The Hall–Kier alpha value is -0.670. The molecule has 2 N–H and O–H groups in total. The van der Waals surface area contributed by atoms with Crippen LogP contribution in [0.15, 0.2) is 24.3 Å². The molecule has 1 unspecified atom stereocenters. The van der Waals surface area contributed by atoms with Crippen molar-refractivity contribution in [2.45, 2.75) is 25.8 Å². The number of thioether (sulfide) groups is 1. The van der Waals surface area contributed by atoms with E-state index in [1.165, 1.54) is 23.4 Å². The van der Waals surface area contributed by atoms with Gasteiger partial charge in [-0.05, 0) is 43.7 Å². The summed E-state index contributed by atoms with van der Waals surface area (Å²) in [5.41, 5.74) is 8.88. The van der Waals surface area contributed by atoms with Crippen LogP contribution >= 0.6 is 11.8 Å². The molecule has 1 aliphatic rings. The van der Waals surface area contributed by atoms with Crippen LogP contribution in [0.2, 0.25) is 0 Å². The maximum absolute atomic E-state index is 6.07. The standard InChI is InChI=1S/C14H22N2S/c1-3-16(13-6-4-5-12(2)9-13)14(10-15)7-8-17-11-14/h4-6,9H,3,7-8,10-11,15H2,1-2H3. The van der Waals surface area contributed by atoms with Gasteiger partial charge in [-0.3, -0.25) is 0 Å². The highest BCUT2D eigenvalue weighted by Gasteiger charge is 2.38. The molecule has 94 valence electrons. The Kier molecular flexibility index (Phi) is 4.00. The van der Waals surface area contributed by atoms with Crippen molar-refractivity contribution in [2.75, 3.05) is 29.5 Å². The molecule has 0 aromatic heterocycles. The molecule has 17 heavy (non-hydrogen) atoms. The van der Waals surface area contributed by atoms with E-state index in [-0.39, 0.29) is 5.54 Å². The fraction of sp³-hybridized carbons (Fsp3) is 0.571. The summed E-state index contributed by atoms with van der Waals surface area (Å²) in [6.45, 7) is 6.15. The average Bonchev–Trinajstić information content (AvgIpc) is 2.80. The minimum Gasteiger partial charge on any atom is -0.364 e. The smallest absolute Gasteiger partial charge is 0.0621 e. The van der Waals surface area contributed by atoms with Gasteiger partial charge in [-0.2, -0.15) is 11.8 Å². The summed E-state index contributed by atoms with van der Waals surface area (Å²) in [7, 11) is 0. The van der Waals surface area contributed by atoms with E-state index in [1.54, 1.807) is 0 Å². The predicted octanol–water partition coefficient (Wildman–Crippen LogP) is 2.66. The van der Waals surface area contributed by atoms with Crippen LogP contribution in [0.5, 0.6) is 0 Å². The molecule has 0 spiro atoms. The van der Waals surface area contributed by atoms with Crippen molar-refractivity contribution in [3.63, 3.8) is 0 Å². The summed E-state index contributed by atoms with van der Waals surface area (Å²) >= 11 is 2.03. The van der Waals surface area contributed by atoms with E-state index in [9.17, 15) is 0 Å². The Morgan fingerprint density at radius 2 is 2.29 bits per heavy atom. The molecular formula is C14H22N2S. The van der Waals surface area contributed by atoms with E-state index in [0.29, 0.717) is 0 Å². The van der Waals surface area contributed by atoms with Gasteiger partial charge in [0, 0.05) is 24.5 Å². The van der Waals surface area contributed by atoms with E-state index in [2.05, 4.69) is 43.0 Å². The lowest BCUT2D eigenvalue weighted by Crippen LogP contribution is -2.54. The van der Waals surface area contributed by atoms with Gasteiger partial charge in [0.2, 0.25) is 0 Å². The van der Waals surface area contributed by atoms with Crippen LogP contribution in [0.1, 0.15) is 18.9 Å². The molecule has 0 bridgehead atoms. The van der Waals surface area contributed by atoms with E-state index in [1.807, 2.05) is 11.8 Å². The van der Waals surface area contributed by atoms with Gasteiger partial charge < -0.3 is 10.6 Å². The SMILES string of the molecule is CCN(c1cccc(C)c1)C1(CN)CCSC1. The highest BCUT2D eigenvalue weighted by Crippen LogP contribution is 2.35. The maximum Gasteiger partial charge on any atom is 0.0621 e. The molecule has 1 aromatic carbocycles. The van der Waals surface area contributed by atoms with E-state index >= 15 is 0 Å². The lowest BCUT2D eigenvalue weighted by molar-refractivity contribution is 0.446. The van der Waals surface area contributed by atoms with Crippen molar-refractivity contribution in [1.29, 1.82) is 0 Å². The Morgan fingerprint density at radius 3 is 2.82 bits per heavy atom. The summed E-state index contributed by atoms with van der Waals surface area (Å²) in [6.07, 6.45) is 1.20. The monoisotopic (exact) mass is 250 g/mol. The van der Waals surface area contributed by atoms with Crippen molar-refractivity contribution in [3.8, 4) is 0 Å². The van der Waals surface area contributed by atoms with Gasteiger partial charge in [0.15, 0.2) is 0 Å². The second-order valence-corrected chi connectivity index (χ2v) is 5.92. The summed E-state index contributed by atoms with van der Waals surface area (Å²) in [4.78, 5) is 2.50. The highest BCUT2D eigenvalue weighted by atomic mass is 32.2. The van der Waals surface area contributed by atoms with Crippen molar-refractivity contribution < 1.29 is 0 Å². The van der Waals surface area contributed by atoms with Gasteiger partial charge >= 0.3 is 0 Å². The quantitative estimate of drug-likeness (QED) is 0.891. The van der Waals surface area contributed by atoms with E-state index in [0.717, 1.165) is 18.8 Å². The predicted molar refractivity (Wildman–Crippen MR) is 77.9 cm³/mol. The molecule has 2 nitrogen and oxygen atoms in total. The lowest BCUT2D eigenvalue weighted by atomic mass is 9.95. The Labute approximate surface area is 109 Å². The van der Waals surface area contributed by atoms with E-state index in [4.69, 9.17) is 5.73 Å². The molecule has 1 aliphatic heterocycles. The number of aryl methyl sites for hydroxylation is 1. The third-order valence-corrected chi connectivity index (χ3v) is 4.90. The zero-order valence-electron chi connectivity index (χ0n) is 10.8. The molecule has 3 heteroatoms. The van der Waals surface area contributed by atoms with Gasteiger partial charge in [0.25, 0.3) is 0 Å². The number of nitrogens with two attached hydrogens (primary N) is 1. The number of nitrogens with zero attached hydrogens (tertiary/aromatic N) is 1. The summed E-state index contributed by atoms with van der Waals surface area (Å²) < 4.78 is 0. The number of hydrogen-bond donors (Lipinski definition) is 1. The van der Waals surface area contributed by atoms with Crippen LogP contribution in [0.3, 0.4) is 0 Å². The number of benzene rings is 1. The molecule has 1 heterocycles. The first-order valence-corrected chi connectivity index (χ1v) is 7.49. The lowest BCUT2D eigenvalue weighted by Gasteiger charge is -2.41. The molecule has 1 aromatic rings. The van der Waals surface area contributed by atoms with Crippen LogP contribution in [0.25, 0.3) is 0 Å². The largest absolute Gasteiger partial charge is 0.364 e. The van der Waals surface area contributed by atoms with Crippen LogP contribution in [0, 0.1) is 6.92 Å². The van der Waals surface area contributed by atoms with Crippen molar-refractivity contribution in [3.05, 3.63) is 29.8 Å². The average molecular weight is 250 g/mol.